The number of fused-ring (bicyclic) bond motifs is 3. The third kappa shape index (κ3) is 1.66. The Morgan fingerprint density at radius 3 is 2.93 bits per heavy atom. The van der Waals surface area contributed by atoms with Crippen molar-refractivity contribution in [1.29, 1.82) is 0 Å². The Morgan fingerprint density at radius 2 is 2.03 bits per heavy atom. The van der Waals surface area contributed by atoms with Gasteiger partial charge >= 0.3 is 0 Å². The van der Waals surface area contributed by atoms with Crippen LogP contribution in [0.5, 0.6) is 11.5 Å². The first kappa shape index (κ1) is 16.2. The summed E-state index contributed by atoms with van der Waals surface area (Å²) in [5.74, 6) is 0.714. The topological polar surface area (TPSA) is 65.8 Å². The third-order valence-electron chi connectivity index (χ3n) is 8.03. The molecule has 5 nitrogen and oxygen atoms in total. The highest BCUT2D eigenvalue weighted by molar-refractivity contribution is 5.80. The van der Waals surface area contributed by atoms with Gasteiger partial charge < -0.3 is 19.8 Å². The molecule has 1 saturated heterocycles. The first-order valence-corrected chi connectivity index (χ1v) is 10.4. The lowest BCUT2D eigenvalue weighted by Gasteiger charge is -2.62. The Hall–Kier alpha value is -2.63. The number of hydrogen-bond donors (Lipinski definition) is 2. The lowest BCUT2D eigenvalue weighted by Crippen LogP contribution is -2.74. The lowest BCUT2D eigenvalue weighted by atomic mass is 9.49. The van der Waals surface area contributed by atoms with Gasteiger partial charge in [0.15, 0.2) is 17.6 Å². The van der Waals surface area contributed by atoms with E-state index in [1.54, 1.807) is 6.07 Å². The molecule has 1 fully saturated rings. The Kier molecular flexibility index (Phi) is 2.75. The van der Waals surface area contributed by atoms with E-state index in [9.17, 15) is 10.2 Å². The zero-order valence-electron chi connectivity index (χ0n) is 16.2. The highest BCUT2D eigenvalue weighted by Gasteiger charge is 2.72. The summed E-state index contributed by atoms with van der Waals surface area (Å²) < 4.78 is 6.49. The predicted molar refractivity (Wildman–Crippen MR) is 108 cm³/mol. The zero-order valence-corrected chi connectivity index (χ0v) is 16.2. The number of ether oxygens (including phenoxy) is 1. The second kappa shape index (κ2) is 4.91. The van der Waals surface area contributed by atoms with E-state index in [-0.39, 0.29) is 17.9 Å². The first-order valence-electron chi connectivity index (χ1n) is 10.4. The van der Waals surface area contributed by atoms with Crippen LogP contribution in [0.1, 0.15) is 34.9 Å². The van der Waals surface area contributed by atoms with Gasteiger partial charge in [-0.25, -0.2) is 4.98 Å². The van der Waals surface area contributed by atoms with Crippen molar-refractivity contribution in [1.82, 2.24) is 9.88 Å². The minimum Gasteiger partial charge on any atom is -0.504 e. The Bertz CT molecular complexity index is 1220. The number of phenolic OH excluding ortho intramolecular Hbond substituents is 1. The summed E-state index contributed by atoms with van der Waals surface area (Å²) in [5.41, 5.74) is 3.61. The minimum absolute atomic E-state index is 0.0185. The Morgan fingerprint density at radius 1 is 1.17 bits per heavy atom. The van der Waals surface area contributed by atoms with Gasteiger partial charge in [0.1, 0.15) is 0 Å². The van der Waals surface area contributed by atoms with Crippen molar-refractivity contribution in [3.8, 4) is 11.5 Å². The van der Waals surface area contributed by atoms with Crippen molar-refractivity contribution in [2.75, 3.05) is 13.6 Å². The number of nitrogens with zero attached hydrogens (tertiary/aromatic N) is 2. The first-order chi connectivity index (χ1) is 14.0. The fourth-order valence-electron chi connectivity index (χ4n) is 6.76. The standard InChI is InChI=1S/C24H22N2O3/c1-26-9-8-23-19-14-6-7-17(27)21(19)29-22(23)20-15(12-24(23,28)18(26)11-14)10-13-4-2-3-5-16(13)25-20/h2-7,10,18,22,27-28H,8-9,11-12H2,1H3/t18-,22+,23+,24-/m1/s1. The molecule has 146 valence electrons. The molecule has 3 heterocycles. The molecule has 7 rings (SSSR count). The number of pyridine rings is 1. The van der Waals surface area contributed by atoms with Crippen molar-refractivity contribution >= 4 is 10.9 Å². The molecule has 0 radical (unpaired) electrons. The summed E-state index contributed by atoms with van der Waals surface area (Å²) in [6.07, 6.45) is 1.74. The molecule has 2 aliphatic heterocycles. The fraction of sp³-hybridized carbons (Fsp3) is 0.375. The molecule has 4 aliphatic rings. The summed E-state index contributed by atoms with van der Waals surface area (Å²) in [6, 6.07) is 14.0. The minimum atomic E-state index is -0.951. The molecule has 2 aromatic carbocycles. The number of likely N-dealkylation sites (N-methyl/N-ethyl adjacent to an activating group) is 1. The van der Waals surface area contributed by atoms with Gasteiger partial charge in [0.05, 0.1) is 22.2 Å². The molecule has 2 bridgehead atoms. The number of likely N-dealkylation sites (tertiary alicyclic amines) is 1. The van der Waals surface area contributed by atoms with E-state index >= 15 is 0 Å². The third-order valence-corrected chi connectivity index (χ3v) is 8.03. The summed E-state index contributed by atoms with van der Waals surface area (Å²) in [6.45, 7) is 0.893. The van der Waals surface area contributed by atoms with Crippen LogP contribution in [0.2, 0.25) is 0 Å². The predicted octanol–water partition coefficient (Wildman–Crippen LogP) is 2.86. The summed E-state index contributed by atoms with van der Waals surface area (Å²) in [7, 11) is 2.11. The van der Waals surface area contributed by atoms with E-state index in [2.05, 4.69) is 24.1 Å². The number of piperidine rings is 1. The van der Waals surface area contributed by atoms with Gasteiger partial charge in [-0.05, 0) is 55.8 Å². The molecule has 29 heavy (non-hydrogen) atoms. The maximum absolute atomic E-state index is 12.4. The highest BCUT2D eigenvalue weighted by atomic mass is 16.5. The molecule has 3 aromatic rings. The smallest absolute Gasteiger partial charge is 0.166 e. The molecule has 5 heteroatoms. The maximum atomic E-state index is 12.4. The number of hydrogen-bond acceptors (Lipinski definition) is 5. The number of aromatic hydroxyl groups is 1. The van der Waals surface area contributed by atoms with Gasteiger partial charge in [-0.1, -0.05) is 24.3 Å². The van der Waals surface area contributed by atoms with E-state index in [1.165, 1.54) is 5.56 Å². The molecule has 2 aliphatic carbocycles. The van der Waals surface area contributed by atoms with Gasteiger partial charge in [-0.15, -0.1) is 0 Å². The van der Waals surface area contributed by atoms with Crippen LogP contribution in [0, 0.1) is 0 Å². The van der Waals surface area contributed by atoms with Gasteiger partial charge in [0.25, 0.3) is 0 Å². The highest BCUT2D eigenvalue weighted by Crippen LogP contribution is 2.68. The van der Waals surface area contributed by atoms with E-state index in [0.717, 1.165) is 47.1 Å². The van der Waals surface area contributed by atoms with Crippen LogP contribution in [-0.2, 0) is 18.3 Å². The number of aliphatic hydroxyl groups is 1. The summed E-state index contributed by atoms with van der Waals surface area (Å²) in [5, 5.41) is 24.1. The van der Waals surface area contributed by atoms with Crippen LogP contribution in [0.3, 0.4) is 0 Å². The molecular weight excluding hydrogens is 364 g/mol. The zero-order chi connectivity index (χ0) is 19.5. The van der Waals surface area contributed by atoms with Crippen molar-refractivity contribution in [2.24, 2.45) is 0 Å². The van der Waals surface area contributed by atoms with Crippen molar-refractivity contribution in [3.05, 3.63) is 64.8 Å². The fourth-order valence-corrected chi connectivity index (χ4v) is 6.76. The van der Waals surface area contributed by atoms with Crippen LogP contribution in [-0.4, -0.2) is 45.3 Å². The average Bonchev–Trinajstić information content (AvgIpc) is 3.07. The Balaban J connectivity index is 1.59. The molecule has 1 spiro atoms. The number of para-hydroxylation sites is 1. The second-order valence-electron chi connectivity index (χ2n) is 9.19. The van der Waals surface area contributed by atoms with Crippen molar-refractivity contribution < 1.29 is 14.9 Å². The SMILES string of the molecule is CN1CC[C@]23c4c5ccc(O)c4O[C@H]2c2nc4ccccc4cc2C[C@@]3(O)[C@H]1C5. The molecule has 0 unspecified atom stereocenters. The van der Waals surface area contributed by atoms with Crippen molar-refractivity contribution in [3.63, 3.8) is 0 Å². The van der Waals surface area contributed by atoms with E-state index in [1.807, 2.05) is 24.3 Å². The Labute approximate surface area is 168 Å². The maximum Gasteiger partial charge on any atom is 0.166 e. The molecular formula is C24H22N2O3. The quantitative estimate of drug-likeness (QED) is 0.622. The average molecular weight is 386 g/mol. The number of aromatic nitrogens is 1. The van der Waals surface area contributed by atoms with Gasteiger partial charge in [0, 0.05) is 23.4 Å². The summed E-state index contributed by atoms with van der Waals surface area (Å²) >= 11 is 0. The van der Waals surface area contributed by atoms with Crippen LogP contribution in [0.4, 0.5) is 0 Å². The number of rotatable bonds is 0. The van der Waals surface area contributed by atoms with Crippen LogP contribution < -0.4 is 4.74 Å². The largest absolute Gasteiger partial charge is 0.504 e. The van der Waals surface area contributed by atoms with Gasteiger partial charge in [-0.3, -0.25) is 0 Å². The molecule has 2 N–H and O–H groups in total. The molecule has 4 atom stereocenters. The van der Waals surface area contributed by atoms with E-state index in [4.69, 9.17) is 9.72 Å². The van der Waals surface area contributed by atoms with Gasteiger partial charge in [-0.2, -0.15) is 0 Å². The van der Waals surface area contributed by atoms with Crippen LogP contribution >= 0.6 is 0 Å². The molecule has 0 amide bonds. The molecule has 1 aromatic heterocycles. The van der Waals surface area contributed by atoms with Crippen molar-refractivity contribution in [2.45, 2.75) is 42.4 Å². The van der Waals surface area contributed by atoms with E-state index < -0.39 is 11.0 Å². The lowest BCUT2D eigenvalue weighted by molar-refractivity contribution is -0.167. The number of benzene rings is 2. The van der Waals surface area contributed by atoms with Crippen LogP contribution in [0.15, 0.2) is 42.5 Å². The number of phenols is 1. The monoisotopic (exact) mass is 386 g/mol. The second-order valence-corrected chi connectivity index (χ2v) is 9.19. The van der Waals surface area contributed by atoms with Gasteiger partial charge in [0.2, 0.25) is 0 Å². The summed E-state index contributed by atoms with van der Waals surface area (Å²) in [4.78, 5) is 7.32. The van der Waals surface area contributed by atoms with Crippen LogP contribution in [0.25, 0.3) is 10.9 Å². The molecule has 0 saturated carbocycles. The normalized spacial score (nSPS) is 33.9. The van der Waals surface area contributed by atoms with E-state index in [0.29, 0.717) is 12.2 Å².